The van der Waals surface area contributed by atoms with Gasteiger partial charge >= 0.3 is 0 Å². The number of Topliss-reactive ketones (excluding diaryl/α,β-unsaturated/α-hetero) is 1. The highest BCUT2D eigenvalue weighted by Crippen LogP contribution is 2.27. The minimum absolute atomic E-state index is 0.252. The number of nitrogens with one attached hydrogen (secondary N) is 1. The molecule has 0 unspecified atom stereocenters. The Morgan fingerprint density at radius 1 is 1.17 bits per heavy atom. The lowest BCUT2D eigenvalue weighted by molar-refractivity contribution is -0.112. The molecule has 2 rings (SSSR count). The van der Waals surface area contributed by atoms with Gasteiger partial charge in [-0.15, -0.1) is 0 Å². The Kier molecular flexibility index (Phi) is 4.68. The number of hydrogen-bond acceptors (Lipinski definition) is 3. The fourth-order valence-corrected chi connectivity index (χ4v) is 2.73. The number of carbonyl (C=O) groups excluding carboxylic acids is 2. The lowest BCUT2D eigenvalue weighted by Gasteiger charge is -2.16. The van der Waals surface area contributed by atoms with Crippen molar-refractivity contribution >= 4 is 17.4 Å². The maximum Gasteiger partial charge on any atom is 0.296 e. The second-order valence-electron chi connectivity index (χ2n) is 6.15. The van der Waals surface area contributed by atoms with Gasteiger partial charge in [0.05, 0.1) is 11.3 Å². The fraction of sp³-hybridized carbons (Fsp3) is 0.389. The Morgan fingerprint density at radius 3 is 2.35 bits per heavy atom. The summed E-state index contributed by atoms with van der Waals surface area (Å²) in [7, 11) is 1.76. The SMILES string of the molecule is Cc1cccc(C(C)C)c1NC(=O)C(=O)c1c(C)nn(C)c1C. The summed E-state index contributed by atoms with van der Waals surface area (Å²) in [6.45, 7) is 9.56. The van der Waals surface area contributed by atoms with Crippen molar-refractivity contribution < 1.29 is 9.59 Å². The largest absolute Gasteiger partial charge is 0.319 e. The predicted molar refractivity (Wildman–Crippen MR) is 90.9 cm³/mol. The quantitative estimate of drug-likeness (QED) is 0.696. The Balaban J connectivity index is 2.35. The van der Waals surface area contributed by atoms with Crippen molar-refractivity contribution in [3.63, 3.8) is 0 Å². The third-order valence-electron chi connectivity index (χ3n) is 4.11. The van der Waals surface area contributed by atoms with E-state index in [9.17, 15) is 9.59 Å². The molecular formula is C18H23N3O2. The number of nitrogens with zero attached hydrogens (tertiary/aromatic N) is 2. The molecule has 0 aliphatic heterocycles. The zero-order valence-corrected chi connectivity index (χ0v) is 14.5. The summed E-state index contributed by atoms with van der Waals surface area (Å²) in [6, 6.07) is 5.85. The van der Waals surface area contributed by atoms with Crippen molar-refractivity contribution in [2.24, 2.45) is 7.05 Å². The number of rotatable bonds is 4. The van der Waals surface area contributed by atoms with Crippen LogP contribution in [-0.2, 0) is 11.8 Å². The summed E-state index contributed by atoms with van der Waals surface area (Å²) in [5.41, 5.74) is 4.32. The van der Waals surface area contributed by atoms with Crippen LogP contribution in [0.25, 0.3) is 0 Å². The molecule has 1 amide bonds. The van der Waals surface area contributed by atoms with Gasteiger partial charge in [-0.3, -0.25) is 14.3 Å². The Bertz CT molecular complexity index is 773. The Hall–Kier alpha value is -2.43. The van der Waals surface area contributed by atoms with Gasteiger partial charge in [-0.25, -0.2) is 0 Å². The number of ketones is 1. The average Bonchev–Trinajstić information content (AvgIpc) is 2.73. The van der Waals surface area contributed by atoms with E-state index in [-0.39, 0.29) is 5.92 Å². The summed E-state index contributed by atoms with van der Waals surface area (Å²) in [4.78, 5) is 25.0. The first-order valence-corrected chi connectivity index (χ1v) is 7.69. The maximum atomic E-state index is 12.5. The predicted octanol–water partition coefficient (Wildman–Crippen LogP) is 3.29. The molecule has 5 nitrogen and oxygen atoms in total. The van der Waals surface area contributed by atoms with Gasteiger partial charge in [0.1, 0.15) is 0 Å². The topological polar surface area (TPSA) is 64.0 Å². The average molecular weight is 313 g/mol. The molecule has 0 saturated heterocycles. The monoisotopic (exact) mass is 313 g/mol. The van der Waals surface area contributed by atoms with Crippen LogP contribution in [0.15, 0.2) is 18.2 Å². The standard InChI is InChI=1S/C18H23N3O2/c1-10(2)14-9-7-8-11(3)16(14)19-18(23)17(22)15-12(4)20-21(6)13(15)5/h7-10H,1-6H3,(H,19,23). The van der Waals surface area contributed by atoms with Gasteiger partial charge in [0.2, 0.25) is 0 Å². The highest BCUT2D eigenvalue weighted by molar-refractivity contribution is 6.47. The molecular weight excluding hydrogens is 290 g/mol. The zero-order valence-electron chi connectivity index (χ0n) is 14.5. The van der Waals surface area contributed by atoms with Crippen molar-refractivity contribution in [2.45, 2.75) is 40.5 Å². The van der Waals surface area contributed by atoms with Gasteiger partial charge in [0, 0.05) is 18.4 Å². The lowest BCUT2D eigenvalue weighted by atomic mass is 9.98. The second-order valence-corrected chi connectivity index (χ2v) is 6.15. The molecule has 122 valence electrons. The normalized spacial score (nSPS) is 10.9. The molecule has 0 radical (unpaired) electrons. The van der Waals surface area contributed by atoms with Crippen molar-refractivity contribution in [2.75, 3.05) is 5.32 Å². The van der Waals surface area contributed by atoms with Crippen LogP contribution < -0.4 is 5.32 Å². The smallest absolute Gasteiger partial charge is 0.296 e. The number of carbonyl (C=O) groups is 2. The minimum atomic E-state index is -0.625. The summed E-state index contributed by atoms with van der Waals surface area (Å²) >= 11 is 0. The summed E-state index contributed by atoms with van der Waals surface area (Å²) in [5, 5.41) is 7.00. The van der Waals surface area contributed by atoms with Gasteiger partial charge in [-0.1, -0.05) is 32.0 Å². The van der Waals surface area contributed by atoms with E-state index in [1.54, 1.807) is 25.6 Å². The number of benzene rings is 1. The van der Waals surface area contributed by atoms with Gasteiger partial charge in [-0.05, 0) is 37.8 Å². The Labute approximate surface area is 136 Å². The first kappa shape index (κ1) is 16.9. The van der Waals surface area contributed by atoms with Crippen LogP contribution >= 0.6 is 0 Å². The first-order chi connectivity index (χ1) is 10.7. The number of amides is 1. The maximum absolute atomic E-state index is 12.5. The third-order valence-corrected chi connectivity index (χ3v) is 4.11. The van der Waals surface area contributed by atoms with Crippen LogP contribution in [0, 0.1) is 20.8 Å². The van der Waals surface area contributed by atoms with Crippen LogP contribution in [0.5, 0.6) is 0 Å². The van der Waals surface area contributed by atoms with E-state index in [0.29, 0.717) is 17.0 Å². The lowest BCUT2D eigenvalue weighted by Crippen LogP contribution is -2.25. The van der Waals surface area contributed by atoms with E-state index in [0.717, 1.165) is 16.8 Å². The van der Waals surface area contributed by atoms with E-state index in [1.807, 2.05) is 25.1 Å². The molecule has 0 bridgehead atoms. The number of aryl methyl sites for hydroxylation is 3. The second kappa shape index (κ2) is 6.36. The first-order valence-electron chi connectivity index (χ1n) is 7.69. The van der Waals surface area contributed by atoms with Gasteiger partial charge in [0.15, 0.2) is 0 Å². The molecule has 1 heterocycles. The van der Waals surface area contributed by atoms with Crippen LogP contribution in [0.2, 0.25) is 0 Å². The molecule has 0 saturated carbocycles. The van der Waals surface area contributed by atoms with Crippen molar-refractivity contribution in [3.8, 4) is 0 Å². The summed E-state index contributed by atoms with van der Waals surface area (Å²) in [6.07, 6.45) is 0. The number of anilines is 1. The van der Waals surface area contributed by atoms with E-state index in [2.05, 4.69) is 24.3 Å². The minimum Gasteiger partial charge on any atom is -0.319 e. The van der Waals surface area contributed by atoms with Gasteiger partial charge in [0.25, 0.3) is 11.7 Å². The van der Waals surface area contributed by atoms with Crippen molar-refractivity contribution in [1.82, 2.24) is 9.78 Å². The molecule has 0 atom stereocenters. The molecule has 2 aromatic rings. The molecule has 1 N–H and O–H groups in total. The molecule has 0 spiro atoms. The van der Waals surface area contributed by atoms with Crippen LogP contribution in [0.4, 0.5) is 5.69 Å². The zero-order chi connectivity index (χ0) is 17.3. The Morgan fingerprint density at radius 2 is 1.83 bits per heavy atom. The van der Waals surface area contributed by atoms with Crippen molar-refractivity contribution in [3.05, 3.63) is 46.3 Å². The molecule has 0 aliphatic rings. The summed E-state index contributed by atoms with van der Waals surface area (Å²) < 4.78 is 1.61. The number of hydrogen-bond donors (Lipinski definition) is 1. The van der Waals surface area contributed by atoms with E-state index in [4.69, 9.17) is 0 Å². The molecule has 0 fully saturated rings. The highest BCUT2D eigenvalue weighted by Gasteiger charge is 2.25. The van der Waals surface area contributed by atoms with Gasteiger partial charge < -0.3 is 5.32 Å². The molecule has 23 heavy (non-hydrogen) atoms. The van der Waals surface area contributed by atoms with Crippen LogP contribution in [0.1, 0.15) is 52.6 Å². The number of aromatic nitrogens is 2. The van der Waals surface area contributed by atoms with Gasteiger partial charge in [-0.2, -0.15) is 5.10 Å². The number of para-hydroxylation sites is 1. The fourth-order valence-electron chi connectivity index (χ4n) is 2.73. The van der Waals surface area contributed by atoms with E-state index in [1.165, 1.54) is 0 Å². The van der Waals surface area contributed by atoms with Crippen molar-refractivity contribution in [1.29, 1.82) is 0 Å². The molecule has 5 heteroatoms. The van der Waals surface area contributed by atoms with Crippen LogP contribution in [0.3, 0.4) is 0 Å². The highest BCUT2D eigenvalue weighted by atomic mass is 16.2. The van der Waals surface area contributed by atoms with E-state index >= 15 is 0 Å². The molecule has 0 aliphatic carbocycles. The van der Waals surface area contributed by atoms with Crippen LogP contribution in [-0.4, -0.2) is 21.5 Å². The third kappa shape index (κ3) is 3.18. The molecule has 1 aromatic carbocycles. The van der Waals surface area contributed by atoms with E-state index < -0.39 is 11.7 Å². The molecule has 1 aromatic heterocycles. The summed E-state index contributed by atoms with van der Waals surface area (Å²) in [5.74, 6) is -0.923.